The quantitative estimate of drug-likeness (QED) is 0.819. The second-order valence-electron chi connectivity index (χ2n) is 9.66. The van der Waals surface area contributed by atoms with Crippen LogP contribution in [0.5, 0.6) is 0 Å². The van der Waals surface area contributed by atoms with Gasteiger partial charge in [-0.05, 0) is 74.3 Å². The smallest absolute Gasteiger partial charge is 0.169 e. The Morgan fingerprint density at radius 2 is 1.85 bits per heavy atom. The van der Waals surface area contributed by atoms with Crippen LogP contribution in [0.15, 0.2) is 18.2 Å². The Kier molecular flexibility index (Phi) is 3.84. The molecule has 1 saturated heterocycles. The van der Waals surface area contributed by atoms with E-state index in [1.165, 1.54) is 29.5 Å². The van der Waals surface area contributed by atoms with Crippen LogP contribution in [-0.4, -0.2) is 30.2 Å². The van der Waals surface area contributed by atoms with Gasteiger partial charge < -0.3 is 14.6 Å². The number of aryl methyl sites for hydroxylation is 2. The number of hydrogen-bond donors (Lipinski definition) is 1. The van der Waals surface area contributed by atoms with Gasteiger partial charge in [0.2, 0.25) is 0 Å². The maximum atomic E-state index is 11.3. The van der Waals surface area contributed by atoms with Crippen LogP contribution in [0.4, 0.5) is 0 Å². The normalized spacial score (nSPS) is 43.6. The molecule has 2 saturated carbocycles. The molecule has 3 heteroatoms. The summed E-state index contributed by atoms with van der Waals surface area (Å²) in [6.07, 6.45) is 5.40. The number of hydrogen-bond acceptors (Lipinski definition) is 3. The van der Waals surface area contributed by atoms with E-state index in [4.69, 9.17) is 9.47 Å². The second kappa shape index (κ2) is 5.80. The first-order valence-electron chi connectivity index (χ1n) is 10.5. The van der Waals surface area contributed by atoms with Crippen LogP contribution in [0, 0.1) is 30.1 Å². The molecule has 1 aliphatic heterocycles. The average molecular weight is 357 g/mol. The van der Waals surface area contributed by atoms with Crippen molar-refractivity contribution in [2.24, 2.45) is 23.2 Å². The summed E-state index contributed by atoms with van der Waals surface area (Å²) in [6.45, 7) is 8.13. The monoisotopic (exact) mass is 356 g/mol. The SMILES string of the molecule is Cc1ccc2c(c1)CCC1C2[C@H](O)C[C@@]2(C)C1CCC2C1(C)OCCO1. The minimum atomic E-state index is -0.459. The zero-order chi connectivity index (χ0) is 18.1. The zero-order valence-electron chi connectivity index (χ0n) is 16.3. The number of aliphatic hydroxyl groups is 1. The molecule has 26 heavy (non-hydrogen) atoms. The second-order valence-corrected chi connectivity index (χ2v) is 9.66. The predicted molar refractivity (Wildman–Crippen MR) is 101 cm³/mol. The third-order valence-electron chi connectivity index (χ3n) is 8.35. The summed E-state index contributed by atoms with van der Waals surface area (Å²) in [5, 5.41) is 11.3. The number of benzene rings is 1. The summed E-state index contributed by atoms with van der Waals surface area (Å²) < 4.78 is 12.2. The van der Waals surface area contributed by atoms with Crippen LogP contribution in [-0.2, 0) is 15.9 Å². The molecule has 0 spiro atoms. The predicted octanol–water partition coefficient (Wildman–Crippen LogP) is 4.20. The van der Waals surface area contributed by atoms with Crippen molar-refractivity contribution in [3.63, 3.8) is 0 Å². The molecular formula is C23H32O3. The lowest BCUT2D eigenvalue weighted by Gasteiger charge is -2.54. The molecule has 3 fully saturated rings. The molecule has 0 radical (unpaired) electrons. The van der Waals surface area contributed by atoms with Gasteiger partial charge in [0.15, 0.2) is 5.79 Å². The lowest BCUT2D eigenvalue weighted by Crippen LogP contribution is -2.53. The highest BCUT2D eigenvalue weighted by Crippen LogP contribution is 2.65. The highest BCUT2D eigenvalue weighted by atomic mass is 16.7. The van der Waals surface area contributed by atoms with Crippen molar-refractivity contribution >= 4 is 0 Å². The largest absolute Gasteiger partial charge is 0.392 e. The Labute approximate surface area is 157 Å². The molecule has 0 aromatic heterocycles. The fourth-order valence-electron chi connectivity index (χ4n) is 7.38. The first-order chi connectivity index (χ1) is 12.4. The third kappa shape index (κ3) is 2.30. The van der Waals surface area contributed by atoms with E-state index in [-0.39, 0.29) is 11.5 Å². The molecule has 1 aromatic carbocycles. The third-order valence-corrected chi connectivity index (χ3v) is 8.35. The minimum absolute atomic E-state index is 0.113. The average Bonchev–Trinajstić information content (AvgIpc) is 3.18. The van der Waals surface area contributed by atoms with Gasteiger partial charge in [-0.2, -0.15) is 0 Å². The maximum absolute atomic E-state index is 11.3. The zero-order valence-corrected chi connectivity index (χ0v) is 16.3. The van der Waals surface area contributed by atoms with Gasteiger partial charge in [0.25, 0.3) is 0 Å². The number of rotatable bonds is 1. The van der Waals surface area contributed by atoms with Crippen molar-refractivity contribution < 1.29 is 14.6 Å². The molecule has 3 nitrogen and oxygen atoms in total. The summed E-state index contributed by atoms with van der Waals surface area (Å²) in [7, 11) is 0. The van der Waals surface area contributed by atoms with Gasteiger partial charge in [0.05, 0.1) is 19.3 Å². The van der Waals surface area contributed by atoms with E-state index in [2.05, 4.69) is 39.0 Å². The van der Waals surface area contributed by atoms with E-state index in [9.17, 15) is 5.11 Å². The van der Waals surface area contributed by atoms with Gasteiger partial charge in [-0.15, -0.1) is 0 Å². The molecule has 1 N–H and O–H groups in total. The topological polar surface area (TPSA) is 38.7 Å². The summed E-state index contributed by atoms with van der Waals surface area (Å²) in [5.74, 6) is 1.50. The molecule has 5 rings (SSSR count). The van der Waals surface area contributed by atoms with Gasteiger partial charge in [-0.1, -0.05) is 30.7 Å². The molecule has 6 atom stereocenters. The van der Waals surface area contributed by atoms with Crippen LogP contribution >= 0.6 is 0 Å². The van der Waals surface area contributed by atoms with Gasteiger partial charge >= 0.3 is 0 Å². The standard InChI is InChI=1S/C23H32O3/c1-14-4-6-16-15(12-14)5-7-17-18-8-9-20(23(3)25-10-11-26-23)22(18,2)13-19(24)21(16)17/h4,6,12,17-21,24H,5,7-11,13H2,1-3H3/t17?,18?,19-,20?,21?,22+/m1/s1. The highest BCUT2D eigenvalue weighted by Gasteiger charge is 2.62. The van der Waals surface area contributed by atoms with Crippen molar-refractivity contribution in [1.29, 1.82) is 0 Å². The molecule has 1 aromatic rings. The van der Waals surface area contributed by atoms with Crippen molar-refractivity contribution in [3.8, 4) is 0 Å². The molecule has 3 aliphatic carbocycles. The Morgan fingerprint density at radius 3 is 2.62 bits per heavy atom. The molecule has 4 aliphatic rings. The van der Waals surface area contributed by atoms with Crippen molar-refractivity contribution in [2.45, 2.75) is 70.7 Å². The van der Waals surface area contributed by atoms with E-state index in [1.807, 2.05) is 0 Å². The summed E-state index contributed by atoms with van der Waals surface area (Å²) in [4.78, 5) is 0. The van der Waals surface area contributed by atoms with Crippen LogP contribution in [0.3, 0.4) is 0 Å². The molecule has 0 bridgehead atoms. The molecule has 1 heterocycles. The van der Waals surface area contributed by atoms with E-state index in [0.717, 1.165) is 19.3 Å². The molecule has 142 valence electrons. The number of fused-ring (bicyclic) bond motifs is 5. The lowest BCUT2D eigenvalue weighted by molar-refractivity contribution is -0.216. The van der Waals surface area contributed by atoms with Crippen LogP contribution in [0.25, 0.3) is 0 Å². The summed E-state index contributed by atoms with van der Waals surface area (Å²) in [5.41, 5.74) is 4.34. The first-order valence-corrected chi connectivity index (χ1v) is 10.5. The van der Waals surface area contributed by atoms with Crippen LogP contribution < -0.4 is 0 Å². The molecule has 0 amide bonds. The van der Waals surface area contributed by atoms with Crippen molar-refractivity contribution in [2.75, 3.05) is 13.2 Å². The van der Waals surface area contributed by atoms with Gasteiger partial charge in [0, 0.05) is 11.8 Å². The van der Waals surface area contributed by atoms with E-state index >= 15 is 0 Å². The molecule has 4 unspecified atom stereocenters. The van der Waals surface area contributed by atoms with Crippen LogP contribution in [0.1, 0.15) is 62.1 Å². The van der Waals surface area contributed by atoms with Crippen molar-refractivity contribution in [1.82, 2.24) is 0 Å². The van der Waals surface area contributed by atoms with Crippen LogP contribution in [0.2, 0.25) is 0 Å². The highest BCUT2D eigenvalue weighted by molar-refractivity contribution is 5.38. The van der Waals surface area contributed by atoms with Gasteiger partial charge in [-0.25, -0.2) is 0 Å². The number of aliphatic hydroxyl groups excluding tert-OH is 1. The Bertz CT molecular complexity index is 707. The van der Waals surface area contributed by atoms with Gasteiger partial charge in [-0.3, -0.25) is 0 Å². The molecular weight excluding hydrogens is 324 g/mol. The summed E-state index contributed by atoms with van der Waals surface area (Å²) >= 11 is 0. The van der Waals surface area contributed by atoms with Crippen molar-refractivity contribution in [3.05, 3.63) is 34.9 Å². The van der Waals surface area contributed by atoms with E-state index in [1.54, 1.807) is 0 Å². The van der Waals surface area contributed by atoms with E-state index in [0.29, 0.717) is 36.9 Å². The minimum Gasteiger partial charge on any atom is -0.392 e. The Hall–Kier alpha value is -0.900. The first kappa shape index (κ1) is 17.2. The summed E-state index contributed by atoms with van der Waals surface area (Å²) in [6, 6.07) is 6.86. The fourth-order valence-corrected chi connectivity index (χ4v) is 7.38. The van der Waals surface area contributed by atoms with Gasteiger partial charge in [0.1, 0.15) is 0 Å². The lowest BCUT2D eigenvalue weighted by atomic mass is 9.52. The fraction of sp³-hybridized carbons (Fsp3) is 0.739. The Balaban J connectivity index is 1.51. The number of ether oxygens (including phenoxy) is 2. The Morgan fingerprint density at radius 1 is 1.08 bits per heavy atom. The maximum Gasteiger partial charge on any atom is 0.169 e. The van der Waals surface area contributed by atoms with E-state index < -0.39 is 5.79 Å².